The van der Waals surface area contributed by atoms with E-state index in [4.69, 9.17) is 4.74 Å². The van der Waals surface area contributed by atoms with Crippen molar-refractivity contribution >= 4 is 26.7 Å². The van der Waals surface area contributed by atoms with Crippen molar-refractivity contribution in [3.8, 4) is 0 Å². The van der Waals surface area contributed by atoms with Crippen molar-refractivity contribution in [1.29, 1.82) is 0 Å². The molecule has 0 spiro atoms. The van der Waals surface area contributed by atoms with Gasteiger partial charge in [0.15, 0.2) is 5.13 Å². The van der Waals surface area contributed by atoms with Gasteiger partial charge in [0, 0.05) is 39.3 Å². The van der Waals surface area contributed by atoms with Crippen LogP contribution in [-0.4, -0.2) is 73.5 Å². The van der Waals surface area contributed by atoms with Crippen molar-refractivity contribution < 1.29 is 26.3 Å². The molecule has 0 radical (unpaired) electrons. The number of piperazine rings is 1. The summed E-state index contributed by atoms with van der Waals surface area (Å²) in [5, 5.41) is 0.267. The fourth-order valence-electron chi connectivity index (χ4n) is 3.13. The normalized spacial score (nSPS) is 27.0. The predicted molar refractivity (Wildman–Crippen MR) is 91.4 cm³/mol. The second-order valence-electron chi connectivity index (χ2n) is 6.47. The molecule has 2 atom stereocenters. The quantitative estimate of drug-likeness (QED) is 0.752. The van der Waals surface area contributed by atoms with Crippen LogP contribution in [0, 0.1) is 0 Å². The first kappa shape index (κ1) is 19.8. The van der Waals surface area contributed by atoms with Gasteiger partial charge in [-0.25, -0.2) is 4.98 Å². The number of anilines is 1. The molecule has 0 aliphatic carbocycles. The van der Waals surface area contributed by atoms with Crippen molar-refractivity contribution in [1.82, 2.24) is 13.6 Å². The molecule has 148 valence electrons. The first-order valence-corrected chi connectivity index (χ1v) is 10.5. The zero-order chi connectivity index (χ0) is 19.1. The molecular formula is C14H21F3N4O3S2. The van der Waals surface area contributed by atoms with Gasteiger partial charge in [-0.3, -0.25) is 0 Å². The minimum atomic E-state index is -4.41. The maximum absolute atomic E-state index is 12.8. The Balaban J connectivity index is 1.63. The van der Waals surface area contributed by atoms with Crippen LogP contribution in [-0.2, 0) is 21.1 Å². The molecule has 2 aliphatic heterocycles. The molecule has 0 amide bonds. The van der Waals surface area contributed by atoms with Crippen LogP contribution < -0.4 is 4.90 Å². The van der Waals surface area contributed by atoms with Gasteiger partial charge < -0.3 is 9.64 Å². The summed E-state index contributed by atoms with van der Waals surface area (Å²) in [6.45, 7) is 5.29. The lowest BCUT2D eigenvalue weighted by Crippen LogP contribution is -2.57. The number of morpholine rings is 1. The lowest BCUT2D eigenvalue weighted by atomic mass is 10.3. The third-order valence-corrected chi connectivity index (χ3v) is 7.39. The van der Waals surface area contributed by atoms with E-state index < -0.39 is 21.3 Å². The Morgan fingerprint density at radius 1 is 1.12 bits per heavy atom. The molecule has 7 nitrogen and oxygen atoms in total. The van der Waals surface area contributed by atoms with E-state index in [1.165, 1.54) is 8.61 Å². The Morgan fingerprint density at radius 2 is 1.69 bits per heavy atom. The average Bonchev–Trinajstić information content (AvgIpc) is 3.04. The number of ether oxygens (including phenoxy) is 1. The molecule has 0 N–H and O–H groups in total. The van der Waals surface area contributed by atoms with Crippen LogP contribution in [0.1, 0.15) is 18.7 Å². The van der Waals surface area contributed by atoms with Gasteiger partial charge in [-0.15, -0.1) is 0 Å². The van der Waals surface area contributed by atoms with Crippen LogP contribution in [0.25, 0.3) is 0 Å². The third-order valence-electron chi connectivity index (χ3n) is 4.32. The van der Waals surface area contributed by atoms with Gasteiger partial charge in [-0.1, -0.05) is 11.3 Å². The summed E-state index contributed by atoms with van der Waals surface area (Å²) in [5.41, 5.74) is 0. The molecule has 2 unspecified atom stereocenters. The molecule has 2 saturated heterocycles. The summed E-state index contributed by atoms with van der Waals surface area (Å²) in [7, 11) is -3.61. The van der Waals surface area contributed by atoms with Crippen molar-refractivity contribution in [2.45, 2.75) is 32.2 Å². The van der Waals surface area contributed by atoms with Gasteiger partial charge in [0.2, 0.25) is 0 Å². The average molecular weight is 414 g/mol. The minimum Gasteiger partial charge on any atom is -0.373 e. The lowest BCUT2D eigenvalue weighted by Gasteiger charge is -2.40. The fourth-order valence-corrected chi connectivity index (χ4v) is 5.72. The Hall–Kier alpha value is -0.950. The maximum Gasteiger partial charge on any atom is 0.427 e. The van der Waals surface area contributed by atoms with Crippen LogP contribution in [0.3, 0.4) is 0 Å². The van der Waals surface area contributed by atoms with Crippen molar-refractivity contribution in [2.75, 3.05) is 44.2 Å². The highest BCUT2D eigenvalue weighted by Crippen LogP contribution is 2.36. The molecule has 3 heterocycles. The molecule has 1 aromatic rings. The van der Waals surface area contributed by atoms with E-state index in [0.717, 1.165) is 6.20 Å². The molecule has 1 aromatic heterocycles. The highest BCUT2D eigenvalue weighted by molar-refractivity contribution is 7.86. The maximum atomic E-state index is 12.8. The topological polar surface area (TPSA) is 66.0 Å². The second kappa shape index (κ2) is 7.23. The highest BCUT2D eigenvalue weighted by Gasteiger charge is 2.38. The molecule has 0 saturated carbocycles. The Labute approximate surface area is 154 Å². The molecule has 0 aromatic carbocycles. The SMILES string of the molecule is CC1CN(S(=O)(=O)N2CCN(c3ncc(C(F)(F)F)s3)CC2)CC(C)O1. The molecule has 26 heavy (non-hydrogen) atoms. The predicted octanol–water partition coefficient (Wildman–Crippen LogP) is 1.64. The van der Waals surface area contributed by atoms with E-state index in [0.29, 0.717) is 37.5 Å². The van der Waals surface area contributed by atoms with Gasteiger partial charge in [0.25, 0.3) is 10.2 Å². The molecule has 2 aliphatic rings. The van der Waals surface area contributed by atoms with E-state index in [-0.39, 0.29) is 30.4 Å². The van der Waals surface area contributed by atoms with Crippen LogP contribution in [0.15, 0.2) is 6.20 Å². The molecule has 12 heteroatoms. The van der Waals surface area contributed by atoms with E-state index in [1.54, 1.807) is 4.90 Å². The second-order valence-corrected chi connectivity index (χ2v) is 9.41. The number of hydrogen-bond donors (Lipinski definition) is 0. The number of alkyl halides is 3. The van der Waals surface area contributed by atoms with Gasteiger partial charge in [0.05, 0.1) is 18.4 Å². The van der Waals surface area contributed by atoms with E-state index in [1.807, 2.05) is 13.8 Å². The summed E-state index contributed by atoms with van der Waals surface area (Å²) < 4.78 is 72.1. The first-order valence-electron chi connectivity index (χ1n) is 8.26. The summed E-state index contributed by atoms with van der Waals surface area (Å²) >= 11 is 0.579. The van der Waals surface area contributed by atoms with Crippen LogP contribution in [0.5, 0.6) is 0 Å². The van der Waals surface area contributed by atoms with E-state index in [9.17, 15) is 21.6 Å². The van der Waals surface area contributed by atoms with Gasteiger partial charge in [-0.05, 0) is 13.8 Å². The third kappa shape index (κ3) is 4.14. The zero-order valence-corrected chi connectivity index (χ0v) is 16.1. The van der Waals surface area contributed by atoms with Crippen molar-refractivity contribution in [3.05, 3.63) is 11.1 Å². The van der Waals surface area contributed by atoms with Gasteiger partial charge in [0.1, 0.15) is 4.88 Å². The zero-order valence-electron chi connectivity index (χ0n) is 14.4. The minimum absolute atomic E-state index is 0.175. The largest absolute Gasteiger partial charge is 0.427 e. The summed E-state index contributed by atoms with van der Waals surface area (Å²) in [4.78, 5) is 4.77. The number of aromatic nitrogens is 1. The number of hydrogen-bond acceptors (Lipinski definition) is 6. The fraction of sp³-hybridized carbons (Fsp3) is 0.786. The van der Waals surface area contributed by atoms with Crippen LogP contribution in [0.4, 0.5) is 18.3 Å². The Morgan fingerprint density at radius 3 is 2.19 bits per heavy atom. The first-order chi connectivity index (χ1) is 12.1. The van der Waals surface area contributed by atoms with Crippen LogP contribution in [0.2, 0.25) is 0 Å². The number of halogens is 3. The Kier molecular flexibility index (Phi) is 5.50. The summed E-state index contributed by atoms with van der Waals surface area (Å²) in [5.74, 6) is 0. The lowest BCUT2D eigenvalue weighted by molar-refractivity contribution is -0.134. The number of rotatable bonds is 3. The smallest absolute Gasteiger partial charge is 0.373 e. The Bertz CT molecular complexity index is 722. The molecule has 2 fully saturated rings. The molecule has 3 rings (SSSR count). The van der Waals surface area contributed by atoms with Crippen LogP contribution >= 0.6 is 11.3 Å². The van der Waals surface area contributed by atoms with E-state index >= 15 is 0 Å². The monoisotopic (exact) mass is 414 g/mol. The van der Waals surface area contributed by atoms with Crippen molar-refractivity contribution in [2.24, 2.45) is 0 Å². The summed E-state index contributed by atoms with van der Waals surface area (Å²) in [6, 6.07) is 0. The highest BCUT2D eigenvalue weighted by atomic mass is 32.2. The standard InChI is InChI=1S/C14H21F3N4O3S2/c1-10-8-21(9-11(2)24-10)26(22,23)20-5-3-19(4-6-20)13-18-7-12(25-13)14(15,16)17/h7,10-11H,3-6,8-9H2,1-2H3. The molecule has 0 bridgehead atoms. The molecular weight excluding hydrogens is 393 g/mol. The van der Waals surface area contributed by atoms with Crippen molar-refractivity contribution in [3.63, 3.8) is 0 Å². The van der Waals surface area contributed by atoms with Gasteiger partial charge >= 0.3 is 6.18 Å². The van der Waals surface area contributed by atoms with Gasteiger partial charge in [-0.2, -0.15) is 30.2 Å². The number of nitrogens with zero attached hydrogens (tertiary/aromatic N) is 4. The summed E-state index contributed by atoms with van der Waals surface area (Å²) in [6.07, 6.45) is -3.94. The van der Waals surface area contributed by atoms with E-state index in [2.05, 4.69) is 4.98 Å². The number of thiazole rings is 1.